The van der Waals surface area contributed by atoms with E-state index in [1.54, 1.807) is 0 Å². The normalized spacial score (nSPS) is 33.8. The smallest absolute Gasteiger partial charge is 0.364 e. The molecule has 0 aromatic rings. The number of hydrogen-bond acceptors (Lipinski definition) is 4. The Balaban J connectivity index is 1.97. The lowest BCUT2D eigenvalue weighted by Crippen LogP contribution is -2.52. The number of rotatable bonds is 2. The molecule has 2 aliphatic rings. The lowest BCUT2D eigenvalue weighted by molar-refractivity contribution is -0.255. The van der Waals surface area contributed by atoms with E-state index in [4.69, 9.17) is 19.9 Å². The van der Waals surface area contributed by atoms with E-state index in [2.05, 4.69) is 0 Å². The molecule has 1 heterocycles. The second-order valence-electron chi connectivity index (χ2n) is 4.87. The summed E-state index contributed by atoms with van der Waals surface area (Å²) in [5.41, 5.74) is 5.82. The molecule has 4 nitrogen and oxygen atoms in total. The maximum Gasteiger partial charge on any atom is 0.414 e. The molecule has 0 amide bonds. The van der Waals surface area contributed by atoms with Crippen molar-refractivity contribution in [1.82, 2.24) is 0 Å². The molecule has 0 bridgehead atoms. The number of nitrogens with two attached hydrogens (primary N) is 1. The predicted molar refractivity (Wildman–Crippen MR) is 56.9 cm³/mol. The van der Waals surface area contributed by atoms with Crippen LogP contribution in [0.25, 0.3) is 0 Å². The molecule has 18 heavy (non-hydrogen) atoms. The fourth-order valence-corrected chi connectivity index (χ4v) is 2.38. The van der Waals surface area contributed by atoms with E-state index >= 15 is 0 Å². The van der Waals surface area contributed by atoms with Gasteiger partial charge in [0.25, 0.3) is 0 Å². The van der Waals surface area contributed by atoms with E-state index in [0.29, 0.717) is 26.1 Å². The van der Waals surface area contributed by atoms with Crippen molar-refractivity contribution < 1.29 is 27.4 Å². The second kappa shape index (κ2) is 4.96. The standard InChI is InChI=1S/C11H18F3NO3/c1-7(11(12,13)14)18-9-6-10(3-2-8(9)15)16-4-5-17-10/h7-9H,2-6,15H2,1H3. The van der Waals surface area contributed by atoms with Gasteiger partial charge in [-0.05, 0) is 13.3 Å². The summed E-state index contributed by atoms with van der Waals surface area (Å²) in [6.45, 7) is 1.93. The molecule has 1 saturated heterocycles. The van der Waals surface area contributed by atoms with Gasteiger partial charge < -0.3 is 19.9 Å². The van der Waals surface area contributed by atoms with Crippen LogP contribution in [0.3, 0.4) is 0 Å². The minimum absolute atomic E-state index is 0.259. The third-order valence-corrected chi connectivity index (χ3v) is 3.50. The van der Waals surface area contributed by atoms with Crippen molar-refractivity contribution >= 4 is 0 Å². The van der Waals surface area contributed by atoms with Crippen LogP contribution in [0.5, 0.6) is 0 Å². The largest absolute Gasteiger partial charge is 0.414 e. The second-order valence-corrected chi connectivity index (χ2v) is 4.87. The molecule has 7 heteroatoms. The molecule has 0 aromatic heterocycles. The first-order valence-electron chi connectivity index (χ1n) is 6.08. The Morgan fingerprint density at radius 3 is 2.50 bits per heavy atom. The Morgan fingerprint density at radius 1 is 1.33 bits per heavy atom. The molecule has 1 aliphatic heterocycles. The van der Waals surface area contributed by atoms with Gasteiger partial charge >= 0.3 is 6.18 Å². The monoisotopic (exact) mass is 269 g/mol. The highest BCUT2D eigenvalue weighted by Crippen LogP contribution is 2.38. The van der Waals surface area contributed by atoms with Gasteiger partial charge in [-0.3, -0.25) is 0 Å². The summed E-state index contributed by atoms with van der Waals surface area (Å²) >= 11 is 0. The first-order valence-corrected chi connectivity index (χ1v) is 6.08. The number of hydrogen-bond donors (Lipinski definition) is 1. The van der Waals surface area contributed by atoms with Crippen molar-refractivity contribution in [2.45, 2.75) is 56.4 Å². The van der Waals surface area contributed by atoms with E-state index in [0.717, 1.165) is 6.92 Å². The maximum atomic E-state index is 12.5. The van der Waals surface area contributed by atoms with Gasteiger partial charge in [0.1, 0.15) is 0 Å². The third kappa shape index (κ3) is 2.96. The Bertz CT molecular complexity index is 292. The summed E-state index contributed by atoms with van der Waals surface area (Å²) < 4.78 is 53.4. The maximum absolute atomic E-state index is 12.5. The van der Waals surface area contributed by atoms with Crippen LogP contribution in [0.1, 0.15) is 26.2 Å². The number of alkyl halides is 3. The molecule has 3 atom stereocenters. The first kappa shape index (κ1) is 14.0. The fourth-order valence-electron chi connectivity index (χ4n) is 2.38. The van der Waals surface area contributed by atoms with E-state index in [9.17, 15) is 13.2 Å². The molecular formula is C11H18F3NO3. The molecule has 0 aromatic carbocycles. The number of ether oxygens (including phenoxy) is 3. The van der Waals surface area contributed by atoms with Gasteiger partial charge in [-0.25, -0.2) is 0 Å². The lowest BCUT2D eigenvalue weighted by atomic mass is 9.88. The van der Waals surface area contributed by atoms with Gasteiger partial charge in [-0.1, -0.05) is 0 Å². The zero-order valence-corrected chi connectivity index (χ0v) is 10.2. The molecule has 2 fully saturated rings. The molecule has 2 N–H and O–H groups in total. The Kier molecular flexibility index (Phi) is 3.87. The summed E-state index contributed by atoms with van der Waals surface area (Å²) in [6.07, 6.45) is -5.49. The van der Waals surface area contributed by atoms with Crippen molar-refractivity contribution in [2.24, 2.45) is 5.73 Å². The van der Waals surface area contributed by atoms with E-state index < -0.39 is 30.2 Å². The first-order chi connectivity index (χ1) is 8.32. The minimum Gasteiger partial charge on any atom is -0.364 e. The minimum atomic E-state index is -4.37. The average Bonchev–Trinajstić information content (AvgIpc) is 2.71. The molecule has 106 valence electrons. The Hall–Kier alpha value is -0.370. The van der Waals surface area contributed by atoms with Crippen LogP contribution < -0.4 is 5.73 Å². The lowest BCUT2D eigenvalue weighted by Gasteiger charge is -2.40. The average molecular weight is 269 g/mol. The zero-order chi connectivity index (χ0) is 13.4. The number of halogens is 3. The molecule has 1 spiro atoms. The van der Waals surface area contributed by atoms with E-state index in [1.807, 2.05) is 0 Å². The SMILES string of the molecule is CC(OC1CC2(CCC1N)OCCO2)C(F)(F)F. The molecule has 1 saturated carbocycles. The Labute approximate surface area is 104 Å². The molecule has 2 rings (SSSR count). The van der Waals surface area contributed by atoms with Gasteiger partial charge in [0.2, 0.25) is 0 Å². The van der Waals surface area contributed by atoms with Crippen LogP contribution in [0.2, 0.25) is 0 Å². The van der Waals surface area contributed by atoms with Gasteiger partial charge in [0.05, 0.1) is 19.3 Å². The van der Waals surface area contributed by atoms with Gasteiger partial charge in [-0.15, -0.1) is 0 Å². The van der Waals surface area contributed by atoms with Crippen LogP contribution in [0, 0.1) is 0 Å². The topological polar surface area (TPSA) is 53.7 Å². The molecular weight excluding hydrogens is 251 g/mol. The van der Waals surface area contributed by atoms with Crippen molar-refractivity contribution in [2.75, 3.05) is 13.2 Å². The van der Waals surface area contributed by atoms with Gasteiger partial charge in [-0.2, -0.15) is 13.2 Å². The van der Waals surface area contributed by atoms with Crippen LogP contribution in [-0.2, 0) is 14.2 Å². The molecule has 3 unspecified atom stereocenters. The molecule has 1 aliphatic carbocycles. The van der Waals surface area contributed by atoms with Crippen LogP contribution >= 0.6 is 0 Å². The van der Waals surface area contributed by atoms with Crippen molar-refractivity contribution in [1.29, 1.82) is 0 Å². The predicted octanol–water partition coefficient (Wildman–Crippen LogP) is 1.58. The highest BCUT2D eigenvalue weighted by molar-refractivity contribution is 4.91. The highest BCUT2D eigenvalue weighted by Gasteiger charge is 2.47. The third-order valence-electron chi connectivity index (χ3n) is 3.50. The zero-order valence-electron chi connectivity index (χ0n) is 10.2. The van der Waals surface area contributed by atoms with Gasteiger partial charge in [0.15, 0.2) is 11.9 Å². The van der Waals surface area contributed by atoms with Crippen LogP contribution in [-0.4, -0.2) is 43.4 Å². The summed E-state index contributed by atoms with van der Waals surface area (Å²) in [6, 6.07) is -0.409. The Morgan fingerprint density at radius 2 is 1.94 bits per heavy atom. The van der Waals surface area contributed by atoms with Crippen molar-refractivity contribution in [3.05, 3.63) is 0 Å². The summed E-state index contributed by atoms with van der Waals surface area (Å²) in [7, 11) is 0. The van der Waals surface area contributed by atoms with Crippen molar-refractivity contribution in [3.8, 4) is 0 Å². The van der Waals surface area contributed by atoms with Crippen molar-refractivity contribution in [3.63, 3.8) is 0 Å². The molecule has 0 radical (unpaired) electrons. The quantitative estimate of drug-likeness (QED) is 0.827. The van der Waals surface area contributed by atoms with Crippen LogP contribution in [0.4, 0.5) is 13.2 Å². The summed E-state index contributed by atoms with van der Waals surface area (Å²) in [5.74, 6) is -0.786. The van der Waals surface area contributed by atoms with Gasteiger partial charge in [0, 0.05) is 18.9 Å². The summed E-state index contributed by atoms with van der Waals surface area (Å²) in [5, 5.41) is 0. The fraction of sp³-hybridized carbons (Fsp3) is 1.00. The van der Waals surface area contributed by atoms with E-state index in [1.165, 1.54) is 0 Å². The summed E-state index contributed by atoms with van der Waals surface area (Å²) in [4.78, 5) is 0. The van der Waals surface area contributed by atoms with Crippen LogP contribution in [0.15, 0.2) is 0 Å². The van der Waals surface area contributed by atoms with E-state index in [-0.39, 0.29) is 6.42 Å². The highest BCUT2D eigenvalue weighted by atomic mass is 19.4.